The number of morpholine rings is 1. The summed E-state index contributed by atoms with van der Waals surface area (Å²) in [6, 6.07) is 5.03. The Kier molecular flexibility index (Phi) is 4.52. The van der Waals surface area contributed by atoms with Crippen LogP contribution in [0, 0.1) is 0 Å². The highest BCUT2D eigenvalue weighted by molar-refractivity contribution is 6.31. The van der Waals surface area contributed by atoms with Gasteiger partial charge in [0, 0.05) is 18.1 Å². The Morgan fingerprint density at radius 3 is 2.95 bits per heavy atom. The molecule has 0 bridgehead atoms. The smallest absolute Gasteiger partial charge is 0.238 e. The summed E-state index contributed by atoms with van der Waals surface area (Å²) in [5, 5.41) is 3.36. The molecule has 110 valence electrons. The van der Waals surface area contributed by atoms with Crippen LogP contribution in [0.2, 0.25) is 5.02 Å². The van der Waals surface area contributed by atoms with Crippen molar-refractivity contribution in [3.63, 3.8) is 0 Å². The van der Waals surface area contributed by atoms with Gasteiger partial charge in [-0.15, -0.1) is 0 Å². The Bertz CT molecular complexity index is 505. The number of hydrogen-bond acceptors (Lipinski definition) is 4. The lowest BCUT2D eigenvalue weighted by atomic mass is 10.1. The van der Waals surface area contributed by atoms with E-state index in [1.807, 2.05) is 13.8 Å². The molecule has 0 unspecified atom stereocenters. The van der Waals surface area contributed by atoms with Crippen molar-refractivity contribution in [1.82, 2.24) is 4.90 Å². The topological polar surface area (TPSA) is 67.6 Å². The predicted molar refractivity (Wildman–Crippen MR) is 81.0 cm³/mol. The average Bonchev–Trinajstić information content (AvgIpc) is 2.31. The zero-order valence-corrected chi connectivity index (χ0v) is 12.5. The highest BCUT2D eigenvalue weighted by Crippen LogP contribution is 2.22. The van der Waals surface area contributed by atoms with Crippen molar-refractivity contribution >= 4 is 28.9 Å². The number of rotatable bonds is 3. The van der Waals surface area contributed by atoms with Gasteiger partial charge in [-0.3, -0.25) is 9.69 Å². The normalized spacial score (nSPS) is 18.8. The lowest BCUT2D eigenvalue weighted by Crippen LogP contribution is -2.50. The van der Waals surface area contributed by atoms with Gasteiger partial charge in [0.1, 0.15) is 0 Å². The Morgan fingerprint density at radius 2 is 2.30 bits per heavy atom. The van der Waals surface area contributed by atoms with Gasteiger partial charge in [-0.25, -0.2) is 0 Å². The second-order valence-electron chi connectivity index (χ2n) is 5.60. The molecule has 2 rings (SSSR count). The van der Waals surface area contributed by atoms with Crippen LogP contribution < -0.4 is 11.1 Å². The maximum atomic E-state index is 12.0. The van der Waals surface area contributed by atoms with E-state index in [0.29, 0.717) is 29.5 Å². The number of carbonyl (C=O) groups is 1. The quantitative estimate of drug-likeness (QED) is 0.837. The van der Waals surface area contributed by atoms with Gasteiger partial charge < -0.3 is 15.8 Å². The number of hydrogen-bond donors (Lipinski definition) is 2. The largest absolute Gasteiger partial charge is 0.397 e. The Morgan fingerprint density at radius 1 is 1.55 bits per heavy atom. The molecule has 1 aliphatic rings. The summed E-state index contributed by atoms with van der Waals surface area (Å²) in [7, 11) is 0. The maximum Gasteiger partial charge on any atom is 0.238 e. The molecular weight excluding hydrogens is 278 g/mol. The number of nitrogens with two attached hydrogens (primary N) is 1. The molecule has 5 nitrogen and oxygen atoms in total. The highest BCUT2D eigenvalue weighted by Gasteiger charge is 2.28. The molecule has 0 radical (unpaired) electrons. The van der Waals surface area contributed by atoms with Crippen molar-refractivity contribution in [2.24, 2.45) is 0 Å². The molecule has 1 aromatic carbocycles. The SMILES string of the molecule is CC1(C)CN(CC(=O)Nc2ccc(Cl)cc2N)CCO1. The first-order valence-corrected chi connectivity index (χ1v) is 6.95. The van der Waals surface area contributed by atoms with Gasteiger partial charge >= 0.3 is 0 Å². The summed E-state index contributed by atoms with van der Waals surface area (Å²) in [4.78, 5) is 14.1. The first-order chi connectivity index (χ1) is 9.35. The average molecular weight is 298 g/mol. The first kappa shape index (κ1) is 15.1. The molecule has 1 saturated heterocycles. The van der Waals surface area contributed by atoms with Crippen LogP contribution in [0.1, 0.15) is 13.8 Å². The van der Waals surface area contributed by atoms with Crippen LogP contribution in [0.3, 0.4) is 0 Å². The minimum absolute atomic E-state index is 0.0864. The fraction of sp³-hybridized carbons (Fsp3) is 0.500. The highest BCUT2D eigenvalue weighted by atomic mass is 35.5. The van der Waals surface area contributed by atoms with Crippen LogP contribution in [0.15, 0.2) is 18.2 Å². The molecule has 6 heteroatoms. The van der Waals surface area contributed by atoms with Crippen molar-refractivity contribution in [1.29, 1.82) is 0 Å². The summed E-state index contributed by atoms with van der Waals surface area (Å²) < 4.78 is 5.62. The van der Waals surface area contributed by atoms with Crippen molar-refractivity contribution in [2.75, 3.05) is 37.3 Å². The lowest BCUT2D eigenvalue weighted by molar-refractivity contribution is -0.122. The van der Waals surface area contributed by atoms with Gasteiger partial charge in [0.25, 0.3) is 0 Å². The molecule has 20 heavy (non-hydrogen) atoms. The number of ether oxygens (including phenoxy) is 1. The number of nitrogen functional groups attached to an aromatic ring is 1. The fourth-order valence-electron chi connectivity index (χ4n) is 2.29. The third kappa shape index (κ3) is 4.10. The number of nitrogens with one attached hydrogen (secondary N) is 1. The predicted octanol–water partition coefficient (Wildman–Crippen LogP) is 1.97. The van der Waals surface area contributed by atoms with E-state index < -0.39 is 0 Å². The van der Waals surface area contributed by atoms with Crippen molar-refractivity contribution in [3.8, 4) is 0 Å². The Hall–Kier alpha value is -1.30. The summed E-state index contributed by atoms with van der Waals surface area (Å²) in [6.07, 6.45) is 0. The molecule has 3 N–H and O–H groups in total. The standard InChI is InChI=1S/C14H20ClN3O2/c1-14(2)9-18(5-6-20-14)8-13(19)17-12-4-3-10(15)7-11(12)16/h3-4,7H,5-6,8-9,16H2,1-2H3,(H,17,19). The van der Waals surface area contributed by atoms with Crippen LogP contribution >= 0.6 is 11.6 Å². The van der Waals surface area contributed by atoms with Crippen LogP contribution in [0.4, 0.5) is 11.4 Å². The van der Waals surface area contributed by atoms with E-state index >= 15 is 0 Å². The third-order valence-corrected chi connectivity index (χ3v) is 3.39. The molecule has 0 aliphatic carbocycles. The molecule has 1 aromatic rings. The molecule has 0 atom stereocenters. The van der Waals surface area contributed by atoms with Crippen molar-refractivity contribution in [2.45, 2.75) is 19.4 Å². The number of anilines is 2. The van der Waals surface area contributed by atoms with E-state index in [4.69, 9.17) is 22.1 Å². The molecule has 0 spiro atoms. The Labute approximate surface area is 124 Å². The number of halogens is 1. The van der Waals surface area contributed by atoms with Gasteiger partial charge in [-0.2, -0.15) is 0 Å². The lowest BCUT2D eigenvalue weighted by Gasteiger charge is -2.37. The first-order valence-electron chi connectivity index (χ1n) is 6.57. The molecule has 0 aromatic heterocycles. The monoisotopic (exact) mass is 297 g/mol. The van der Waals surface area contributed by atoms with Gasteiger partial charge in [-0.05, 0) is 32.0 Å². The summed E-state index contributed by atoms with van der Waals surface area (Å²) >= 11 is 5.83. The van der Waals surface area contributed by atoms with E-state index in [2.05, 4.69) is 10.2 Å². The molecule has 1 heterocycles. The zero-order valence-electron chi connectivity index (χ0n) is 11.8. The summed E-state index contributed by atoms with van der Waals surface area (Å²) in [6.45, 7) is 6.50. The maximum absolute atomic E-state index is 12.0. The van der Waals surface area contributed by atoms with Crippen LogP contribution in [0.25, 0.3) is 0 Å². The van der Waals surface area contributed by atoms with Gasteiger partial charge in [0.2, 0.25) is 5.91 Å². The molecule has 1 amide bonds. The minimum atomic E-state index is -0.210. The second kappa shape index (κ2) is 5.99. The minimum Gasteiger partial charge on any atom is -0.397 e. The zero-order chi connectivity index (χ0) is 14.8. The van der Waals surface area contributed by atoms with Gasteiger partial charge in [0.15, 0.2) is 0 Å². The number of benzene rings is 1. The van der Waals surface area contributed by atoms with Crippen molar-refractivity contribution < 1.29 is 9.53 Å². The molecule has 0 saturated carbocycles. The third-order valence-electron chi connectivity index (χ3n) is 3.16. The molecule has 1 aliphatic heterocycles. The van der Waals surface area contributed by atoms with Crippen molar-refractivity contribution in [3.05, 3.63) is 23.2 Å². The molecular formula is C14H20ClN3O2. The van der Waals surface area contributed by atoms with E-state index in [1.54, 1.807) is 18.2 Å². The van der Waals surface area contributed by atoms with Crippen LogP contribution in [-0.4, -0.2) is 42.6 Å². The van der Waals surface area contributed by atoms with Crippen LogP contribution in [-0.2, 0) is 9.53 Å². The van der Waals surface area contributed by atoms with Gasteiger partial charge in [0.05, 0.1) is 30.1 Å². The van der Waals surface area contributed by atoms with Gasteiger partial charge in [-0.1, -0.05) is 11.6 Å². The molecule has 1 fully saturated rings. The summed E-state index contributed by atoms with van der Waals surface area (Å²) in [5.74, 6) is -0.0864. The number of amides is 1. The number of carbonyl (C=O) groups excluding carboxylic acids is 1. The summed E-state index contributed by atoms with van der Waals surface area (Å²) in [5.41, 5.74) is 6.66. The van der Waals surface area contributed by atoms with E-state index in [1.165, 1.54) is 0 Å². The second-order valence-corrected chi connectivity index (χ2v) is 6.03. The number of nitrogens with zero attached hydrogens (tertiary/aromatic N) is 1. The van der Waals surface area contributed by atoms with E-state index in [0.717, 1.165) is 13.1 Å². The van der Waals surface area contributed by atoms with Crippen LogP contribution in [0.5, 0.6) is 0 Å². The van der Waals surface area contributed by atoms with E-state index in [-0.39, 0.29) is 11.5 Å². The van der Waals surface area contributed by atoms with E-state index in [9.17, 15) is 4.79 Å². The Balaban J connectivity index is 1.92. The fourth-order valence-corrected chi connectivity index (χ4v) is 2.47.